The van der Waals surface area contributed by atoms with Gasteiger partial charge in [-0.15, -0.1) is 0 Å². The van der Waals surface area contributed by atoms with E-state index in [0.717, 1.165) is 19.9 Å². The van der Waals surface area contributed by atoms with E-state index in [-0.39, 0.29) is 6.42 Å². The van der Waals surface area contributed by atoms with Crippen LogP contribution in [0.3, 0.4) is 0 Å². The highest BCUT2D eigenvalue weighted by molar-refractivity contribution is 5.26. The lowest BCUT2D eigenvalue weighted by atomic mass is 9.96. The first-order valence-corrected chi connectivity index (χ1v) is 6.25. The number of halogens is 2. The van der Waals surface area contributed by atoms with Crippen molar-refractivity contribution in [1.82, 2.24) is 5.32 Å². The van der Waals surface area contributed by atoms with Crippen molar-refractivity contribution in [3.8, 4) is 0 Å². The number of piperidine rings is 1. The van der Waals surface area contributed by atoms with Crippen molar-refractivity contribution >= 4 is 0 Å². The standard InChI is InChI=1S/C14H19F2N/c1-14(15,16)10-11-5-7-12(8-6-11)13-4-2-3-9-17-13/h5-8,13,17H,2-4,9-10H2,1H3. The fraction of sp³-hybridized carbons (Fsp3) is 0.571. The van der Waals surface area contributed by atoms with Gasteiger partial charge in [0.1, 0.15) is 0 Å². The van der Waals surface area contributed by atoms with E-state index in [0.29, 0.717) is 11.6 Å². The molecule has 2 rings (SSSR count). The maximum atomic E-state index is 12.9. The first kappa shape index (κ1) is 12.5. The van der Waals surface area contributed by atoms with Crippen molar-refractivity contribution in [1.29, 1.82) is 0 Å². The lowest BCUT2D eigenvalue weighted by molar-refractivity contribution is 0.0226. The highest BCUT2D eigenvalue weighted by Gasteiger charge is 2.21. The molecule has 1 aromatic carbocycles. The molecule has 1 fully saturated rings. The van der Waals surface area contributed by atoms with E-state index < -0.39 is 5.92 Å². The molecular formula is C14H19F2N. The molecule has 17 heavy (non-hydrogen) atoms. The van der Waals surface area contributed by atoms with Gasteiger partial charge in [0.05, 0.1) is 0 Å². The van der Waals surface area contributed by atoms with Gasteiger partial charge in [-0.1, -0.05) is 30.7 Å². The van der Waals surface area contributed by atoms with Crippen LogP contribution in [0.2, 0.25) is 0 Å². The Morgan fingerprint density at radius 1 is 1.24 bits per heavy atom. The highest BCUT2D eigenvalue weighted by atomic mass is 19.3. The van der Waals surface area contributed by atoms with Crippen molar-refractivity contribution < 1.29 is 8.78 Å². The third-order valence-electron chi connectivity index (χ3n) is 3.21. The minimum atomic E-state index is -2.62. The zero-order valence-corrected chi connectivity index (χ0v) is 10.2. The third kappa shape index (κ3) is 3.77. The minimum Gasteiger partial charge on any atom is -0.310 e. The lowest BCUT2D eigenvalue weighted by Gasteiger charge is -2.24. The molecule has 1 N–H and O–H groups in total. The molecule has 0 amide bonds. The zero-order chi connectivity index (χ0) is 12.3. The second kappa shape index (κ2) is 5.13. The van der Waals surface area contributed by atoms with E-state index in [1.807, 2.05) is 24.3 Å². The summed E-state index contributed by atoms with van der Waals surface area (Å²) in [5.41, 5.74) is 1.92. The van der Waals surface area contributed by atoms with Gasteiger partial charge in [-0.25, -0.2) is 8.78 Å². The first-order valence-electron chi connectivity index (χ1n) is 6.25. The maximum absolute atomic E-state index is 12.9. The van der Waals surface area contributed by atoms with E-state index in [4.69, 9.17) is 0 Å². The van der Waals surface area contributed by atoms with Crippen molar-refractivity contribution in [2.45, 2.75) is 44.6 Å². The molecule has 3 heteroatoms. The average Bonchev–Trinajstić information content (AvgIpc) is 2.29. The Morgan fingerprint density at radius 3 is 2.47 bits per heavy atom. The molecule has 1 heterocycles. The minimum absolute atomic E-state index is 0.175. The van der Waals surface area contributed by atoms with Crippen molar-refractivity contribution in [3.05, 3.63) is 35.4 Å². The molecule has 1 unspecified atom stereocenters. The molecule has 0 saturated carbocycles. The summed E-state index contributed by atoms with van der Waals surface area (Å²) in [7, 11) is 0. The van der Waals surface area contributed by atoms with Gasteiger partial charge in [-0.3, -0.25) is 0 Å². The Morgan fingerprint density at radius 2 is 1.94 bits per heavy atom. The van der Waals surface area contributed by atoms with Gasteiger partial charge in [-0.2, -0.15) is 0 Å². The van der Waals surface area contributed by atoms with Crippen LogP contribution in [0.1, 0.15) is 43.4 Å². The van der Waals surface area contributed by atoms with Crippen molar-refractivity contribution in [3.63, 3.8) is 0 Å². The fourth-order valence-corrected chi connectivity index (χ4v) is 2.36. The summed E-state index contributed by atoms with van der Waals surface area (Å²) < 4.78 is 25.7. The summed E-state index contributed by atoms with van der Waals surface area (Å²) in [5.74, 6) is -2.62. The number of nitrogens with one attached hydrogen (secondary N) is 1. The van der Waals surface area contributed by atoms with Crippen LogP contribution in [0, 0.1) is 0 Å². The average molecular weight is 239 g/mol. The summed E-state index contributed by atoms with van der Waals surface area (Å²) >= 11 is 0. The van der Waals surface area contributed by atoms with Gasteiger partial charge >= 0.3 is 0 Å². The van der Waals surface area contributed by atoms with Gasteiger partial charge in [0.25, 0.3) is 0 Å². The van der Waals surface area contributed by atoms with Crippen LogP contribution >= 0.6 is 0 Å². The lowest BCUT2D eigenvalue weighted by Crippen LogP contribution is -2.26. The van der Waals surface area contributed by atoms with Crippen molar-refractivity contribution in [2.75, 3.05) is 6.54 Å². The molecule has 1 aliphatic heterocycles. The van der Waals surface area contributed by atoms with Crippen LogP contribution in [0.25, 0.3) is 0 Å². The van der Waals surface area contributed by atoms with Gasteiger partial charge in [-0.05, 0) is 37.4 Å². The molecule has 0 aromatic heterocycles. The molecule has 1 nitrogen and oxygen atoms in total. The Bertz CT molecular complexity index is 347. The largest absolute Gasteiger partial charge is 0.310 e. The molecule has 0 aliphatic carbocycles. The van der Waals surface area contributed by atoms with Gasteiger partial charge in [0.15, 0.2) is 0 Å². The second-order valence-corrected chi connectivity index (χ2v) is 4.99. The molecule has 1 atom stereocenters. The molecule has 0 bridgehead atoms. The van der Waals surface area contributed by atoms with E-state index in [1.54, 1.807) is 0 Å². The second-order valence-electron chi connectivity index (χ2n) is 4.99. The molecule has 1 aromatic rings. The van der Waals surface area contributed by atoms with E-state index >= 15 is 0 Å². The zero-order valence-electron chi connectivity index (χ0n) is 10.2. The maximum Gasteiger partial charge on any atom is 0.249 e. The van der Waals surface area contributed by atoms with Crippen molar-refractivity contribution in [2.24, 2.45) is 0 Å². The third-order valence-corrected chi connectivity index (χ3v) is 3.21. The molecule has 1 saturated heterocycles. The summed E-state index contributed by atoms with van der Waals surface area (Å²) in [6.45, 7) is 2.02. The molecule has 0 radical (unpaired) electrons. The van der Waals surface area contributed by atoms with Crippen LogP contribution in [0.15, 0.2) is 24.3 Å². The Balaban J connectivity index is 2.02. The van der Waals surface area contributed by atoms with Crippen LogP contribution < -0.4 is 5.32 Å². The predicted octanol–water partition coefficient (Wildman–Crippen LogP) is 3.70. The molecular weight excluding hydrogens is 220 g/mol. The SMILES string of the molecule is CC(F)(F)Cc1ccc(C2CCCCN2)cc1. The van der Waals surface area contributed by atoms with Crippen LogP contribution in [-0.4, -0.2) is 12.5 Å². The van der Waals surface area contributed by atoms with E-state index in [2.05, 4.69) is 5.32 Å². The van der Waals surface area contributed by atoms with E-state index in [1.165, 1.54) is 18.4 Å². The molecule has 94 valence electrons. The number of hydrogen-bond donors (Lipinski definition) is 1. The number of rotatable bonds is 3. The van der Waals surface area contributed by atoms with E-state index in [9.17, 15) is 8.78 Å². The quantitative estimate of drug-likeness (QED) is 0.848. The van der Waals surface area contributed by atoms with Crippen LogP contribution in [-0.2, 0) is 6.42 Å². The highest BCUT2D eigenvalue weighted by Crippen LogP contribution is 2.24. The number of benzene rings is 1. The predicted molar refractivity (Wildman–Crippen MR) is 65.4 cm³/mol. The smallest absolute Gasteiger partial charge is 0.249 e. The summed E-state index contributed by atoms with van der Waals surface area (Å²) in [6.07, 6.45) is 3.44. The van der Waals surface area contributed by atoms with Crippen LogP contribution in [0.4, 0.5) is 8.78 Å². The fourth-order valence-electron chi connectivity index (χ4n) is 2.36. The summed E-state index contributed by atoms with van der Waals surface area (Å²) in [4.78, 5) is 0. The number of hydrogen-bond acceptors (Lipinski definition) is 1. The molecule has 1 aliphatic rings. The summed E-state index contributed by atoms with van der Waals surface area (Å²) in [6, 6.07) is 8.00. The Labute approximate surface area is 101 Å². The van der Waals surface area contributed by atoms with Crippen LogP contribution in [0.5, 0.6) is 0 Å². The Hall–Kier alpha value is -0.960. The molecule has 0 spiro atoms. The van der Waals surface area contributed by atoms with Gasteiger partial charge in [0.2, 0.25) is 5.92 Å². The number of alkyl halides is 2. The van der Waals surface area contributed by atoms with Gasteiger partial charge in [0, 0.05) is 12.5 Å². The normalized spacial score (nSPS) is 21.5. The Kier molecular flexibility index (Phi) is 3.77. The monoisotopic (exact) mass is 239 g/mol. The first-order chi connectivity index (χ1) is 8.04. The summed E-state index contributed by atoms with van der Waals surface area (Å²) in [5, 5.41) is 3.45. The van der Waals surface area contributed by atoms with Gasteiger partial charge < -0.3 is 5.32 Å². The topological polar surface area (TPSA) is 12.0 Å².